The van der Waals surface area contributed by atoms with Gasteiger partial charge in [-0.3, -0.25) is 0 Å². The van der Waals surface area contributed by atoms with Gasteiger partial charge < -0.3 is 9.13 Å². The molecule has 0 spiro atoms. The summed E-state index contributed by atoms with van der Waals surface area (Å²) in [4.78, 5) is 11.1. The molecule has 0 saturated heterocycles. The SMILES string of the molecule is CC(C)(C)c1cc2c3c(c1)c1cc4sc5ccccc5c4cc1n3-c1cc(-c3nc(-c4ccccc4)cc(-c4ccccc4)n3)cc3c1B2c1cc(C(C)(C)C)cc2c4cc5sc6ccccc6c5cc4n-3c12. The average Bonchev–Trinajstić information content (AvgIpc) is 4.16. The van der Waals surface area contributed by atoms with E-state index in [0.29, 0.717) is 5.82 Å². The van der Waals surface area contributed by atoms with Gasteiger partial charge in [-0.25, -0.2) is 9.97 Å². The molecular formula is C66H47BN4S2. The fourth-order valence-corrected chi connectivity index (χ4v) is 14.8. The minimum atomic E-state index is -0.0912. The minimum absolute atomic E-state index is 0.0392. The first-order chi connectivity index (χ1) is 35.4. The Hall–Kier alpha value is -7.84. The second-order valence-corrected chi connectivity index (χ2v) is 24.7. The number of thiophene rings is 2. The normalized spacial score (nSPS) is 13.3. The second-order valence-electron chi connectivity index (χ2n) is 22.6. The van der Waals surface area contributed by atoms with E-state index in [1.54, 1.807) is 0 Å². The molecule has 0 unspecified atom stereocenters. The van der Waals surface area contributed by atoms with Crippen LogP contribution in [0.4, 0.5) is 0 Å². The number of fused-ring (bicyclic) bond motifs is 16. The van der Waals surface area contributed by atoms with Crippen LogP contribution in [0.25, 0.3) is 129 Å². The van der Waals surface area contributed by atoms with E-state index in [0.717, 1.165) is 28.1 Å². The molecule has 346 valence electrons. The molecule has 5 aromatic heterocycles. The molecule has 9 aromatic carbocycles. The lowest BCUT2D eigenvalue weighted by Crippen LogP contribution is -2.59. The lowest BCUT2D eigenvalue weighted by atomic mass is 9.34. The third-order valence-electron chi connectivity index (χ3n) is 16.2. The molecule has 0 N–H and O–H groups in total. The highest BCUT2D eigenvalue weighted by molar-refractivity contribution is 7.26. The zero-order valence-corrected chi connectivity index (χ0v) is 43.1. The van der Waals surface area contributed by atoms with E-state index in [-0.39, 0.29) is 17.5 Å². The third kappa shape index (κ3) is 5.83. The van der Waals surface area contributed by atoms with Crippen molar-refractivity contribution in [2.45, 2.75) is 52.4 Å². The molecule has 7 heteroatoms. The number of nitrogens with zero attached hydrogens (tertiary/aromatic N) is 4. The summed E-state index contributed by atoms with van der Waals surface area (Å²) in [6, 6.07) is 66.2. The summed E-state index contributed by atoms with van der Waals surface area (Å²) in [5.74, 6) is 0.705. The molecule has 0 saturated carbocycles. The summed E-state index contributed by atoms with van der Waals surface area (Å²) in [5, 5.41) is 10.4. The van der Waals surface area contributed by atoms with E-state index < -0.39 is 0 Å². The van der Waals surface area contributed by atoms with Gasteiger partial charge in [-0.15, -0.1) is 22.7 Å². The summed E-state index contributed by atoms with van der Waals surface area (Å²) < 4.78 is 10.6. The van der Waals surface area contributed by atoms with E-state index in [9.17, 15) is 0 Å². The first-order valence-electron chi connectivity index (χ1n) is 25.5. The van der Waals surface area contributed by atoms with Crippen LogP contribution >= 0.6 is 22.7 Å². The van der Waals surface area contributed by atoms with Crippen molar-refractivity contribution in [2.75, 3.05) is 0 Å². The standard InChI is InChI=1S/C66H47BN4S2/c1-65(2,3)39-27-47-43-33-59-45(41-21-13-15-23-57(41)72-59)31-53(43)70-55-25-38(64-68-51(36-17-9-7-10-18-36)35-52(69-64)37-19-11-8-12-20-37)26-56-61(55)67(49(29-39)62(47)70)50-30-40(66(4,5)6)28-48-44-34-60-46(32-54(44)71(56)63(48)50)42-22-14-16-24-58(42)73-60/h7-35H,1-6H3. The molecule has 7 heterocycles. The van der Waals surface area contributed by atoms with Crippen molar-refractivity contribution in [1.82, 2.24) is 19.1 Å². The molecule has 0 atom stereocenters. The Bertz CT molecular complexity index is 4460. The summed E-state index contributed by atoms with van der Waals surface area (Å²) in [5.41, 5.74) is 18.9. The lowest BCUT2D eigenvalue weighted by molar-refractivity contribution is 0.591. The van der Waals surface area contributed by atoms with Crippen molar-refractivity contribution in [3.63, 3.8) is 0 Å². The van der Waals surface area contributed by atoms with Gasteiger partial charge in [0.15, 0.2) is 5.82 Å². The average molecular weight is 971 g/mol. The molecule has 0 fully saturated rings. The zero-order valence-electron chi connectivity index (χ0n) is 41.4. The maximum Gasteiger partial charge on any atom is 0.252 e. The summed E-state index contributed by atoms with van der Waals surface area (Å²) >= 11 is 3.80. The number of aromatic nitrogens is 4. The number of hydrogen-bond acceptors (Lipinski definition) is 4. The molecular weight excluding hydrogens is 924 g/mol. The zero-order chi connectivity index (χ0) is 48.8. The van der Waals surface area contributed by atoms with Crippen molar-refractivity contribution >= 4 is 130 Å². The van der Waals surface area contributed by atoms with Crippen molar-refractivity contribution < 1.29 is 0 Å². The van der Waals surface area contributed by atoms with Crippen LogP contribution in [-0.2, 0) is 10.8 Å². The highest BCUT2D eigenvalue weighted by Gasteiger charge is 2.43. The van der Waals surface area contributed by atoms with E-state index in [4.69, 9.17) is 9.97 Å². The molecule has 0 bridgehead atoms. The predicted molar refractivity (Wildman–Crippen MR) is 315 cm³/mol. The molecule has 2 aliphatic rings. The molecule has 14 aromatic rings. The summed E-state index contributed by atoms with van der Waals surface area (Å²) in [6.45, 7) is 14.2. The Balaban J connectivity index is 1.11. The largest absolute Gasteiger partial charge is 0.310 e. The summed E-state index contributed by atoms with van der Waals surface area (Å²) in [7, 11) is 0. The van der Waals surface area contributed by atoms with Crippen LogP contribution in [0.2, 0.25) is 0 Å². The Morgan fingerprint density at radius 3 is 1.27 bits per heavy atom. The van der Waals surface area contributed by atoms with Gasteiger partial charge >= 0.3 is 0 Å². The van der Waals surface area contributed by atoms with Gasteiger partial charge in [-0.2, -0.15) is 0 Å². The number of hydrogen-bond donors (Lipinski definition) is 0. The molecule has 2 aliphatic heterocycles. The quantitative estimate of drug-likeness (QED) is 0.165. The monoisotopic (exact) mass is 970 g/mol. The van der Waals surface area contributed by atoms with Gasteiger partial charge in [0, 0.05) is 101 Å². The van der Waals surface area contributed by atoms with Gasteiger partial charge in [0.05, 0.1) is 22.4 Å². The molecule has 0 amide bonds. The lowest BCUT2D eigenvalue weighted by Gasteiger charge is -2.35. The molecule has 73 heavy (non-hydrogen) atoms. The molecule has 16 rings (SSSR count). The van der Waals surface area contributed by atoms with E-state index >= 15 is 0 Å². The predicted octanol–water partition coefficient (Wildman–Crippen LogP) is 16.1. The van der Waals surface area contributed by atoms with Crippen LogP contribution in [0.5, 0.6) is 0 Å². The topological polar surface area (TPSA) is 35.6 Å². The van der Waals surface area contributed by atoms with Crippen LogP contribution in [0.3, 0.4) is 0 Å². The highest BCUT2D eigenvalue weighted by Crippen LogP contribution is 2.47. The van der Waals surface area contributed by atoms with Gasteiger partial charge in [0.1, 0.15) is 0 Å². The van der Waals surface area contributed by atoms with Crippen LogP contribution in [-0.4, -0.2) is 25.8 Å². The maximum absolute atomic E-state index is 5.53. The van der Waals surface area contributed by atoms with Crippen molar-refractivity contribution in [3.8, 4) is 45.3 Å². The van der Waals surface area contributed by atoms with Gasteiger partial charge in [-0.05, 0) is 105 Å². The van der Waals surface area contributed by atoms with Gasteiger partial charge in [0.25, 0.3) is 6.71 Å². The van der Waals surface area contributed by atoms with Gasteiger partial charge in [-0.1, -0.05) is 151 Å². The summed E-state index contributed by atoms with van der Waals surface area (Å²) in [6.07, 6.45) is 0. The smallest absolute Gasteiger partial charge is 0.252 e. The molecule has 0 aliphatic carbocycles. The van der Waals surface area contributed by atoms with Crippen LogP contribution in [0.15, 0.2) is 176 Å². The fourth-order valence-electron chi connectivity index (χ4n) is 12.6. The Kier molecular flexibility index (Phi) is 8.26. The maximum atomic E-state index is 5.53. The Morgan fingerprint density at radius 2 is 0.822 bits per heavy atom. The first-order valence-corrected chi connectivity index (χ1v) is 27.1. The number of benzene rings is 9. The third-order valence-corrected chi connectivity index (χ3v) is 18.4. The van der Waals surface area contributed by atoms with E-state index in [1.165, 1.54) is 123 Å². The Labute approximate surface area is 430 Å². The fraction of sp³-hybridized carbons (Fsp3) is 0.121. The van der Waals surface area contributed by atoms with Crippen molar-refractivity contribution in [2.24, 2.45) is 0 Å². The Morgan fingerprint density at radius 1 is 0.384 bits per heavy atom. The van der Waals surface area contributed by atoms with Gasteiger partial charge in [0.2, 0.25) is 0 Å². The minimum Gasteiger partial charge on any atom is -0.310 e. The molecule has 0 radical (unpaired) electrons. The van der Waals surface area contributed by atoms with E-state index in [2.05, 4.69) is 227 Å². The van der Waals surface area contributed by atoms with Crippen LogP contribution in [0, 0.1) is 0 Å². The first kappa shape index (κ1) is 41.7. The van der Waals surface area contributed by atoms with Crippen molar-refractivity contribution in [3.05, 3.63) is 187 Å². The van der Waals surface area contributed by atoms with Crippen molar-refractivity contribution in [1.29, 1.82) is 0 Å². The second kappa shape index (κ2) is 14.4. The highest BCUT2D eigenvalue weighted by atomic mass is 32.1. The molecule has 4 nitrogen and oxygen atoms in total. The number of rotatable bonds is 3. The van der Waals surface area contributed by atoms with Crippen LogP contribution < -0.4 is 16.4 Å². The van der Waals surface area contributed by atoms with E-state index in [1.807, 2.05) is 22.7 Å². The van der Waals surface area contributed by atoms with Crippen LogP contribution in [0.1, 0.15) is 52.7 Å².